The van der Waals surface area contributed by atoms with Gasteiger partial charge in [-0.05, 0) is 36.4 Å². The average Bonchev–Trinajstić information content (AvgIpc) is 2.68. The van der Waals surface area contributed by atoms with Crippen LogP contribution in [0.15, 0.2) is 42.5 Å². The highest BCUT2D eigenvalue weighted by molar-refractivity contribution is 8.00. The third-order valence-electron chi connectivity index (χ3n) is 3.67. The van der Waals surface area contributed by atoms with Gasteiger partial charge in [0.05, 0.1) is 18.6 Å². The van der Waals surface area contributed by atoms with Crippen LogP contribution in [0.5, 0.6) is 17.2 Å². The predicted molar refractivity (Wildman–Crippen MR) is 105 cm³/mol. The lowest BCUT2D eigenvalue weighted by molar-refractivity contribution is -0.114. The standard InChI is InChI=1S/C19H20N2O5S/c1-24-15-5-2-13(3-6-15)20-18(22)11-27-12-19(23)21-14-4-7-16-17(10-14)26-9-8-25-16/h2-7,10H,8-9,11-12H2,1H3,(H,20,22)(H,21,23). The molecule has 7 nitrogen and oxygen atoms in total. The van der Waals surface area contributed by atoms with E-state index in [1.54, 1.807) is 49.6 Å². The molecule has 2 N–H and O–H groups in total. The van der Waals surface area contributed by atoms with E-state index < -0.39 is 0 Å². The lowest BCUT2D eigenvalue weighted by Crippen LogP contribution is -2.19. The molecule has 0 unspecified atom stereocenters. The van der Waals surface area contributed by atoms with Gasteiger partial charge in [0.15, 0.2) is 11.5 Å². The van der Waals surface area contributed by atoms with Crippen molar-refractivity contribution >= 4 is 35.0 Å². The number of carbonyl (C=O) groups is 2. The molecule has 0 aliphatic carbocycles. The Balaban J connectivity index is 1.40. The van der Waals surface area contributed by atoms with E-state index in [9.17, 15) is 9.59 Å². The molecule has 2 aromatic carbocycles. The Morgan fingerprint density at radius 3 is 2.19 bits per heavy atom. The number of rotatable bonds is 7. The van der Waals surface area contributed by atoms with Crippen molar-refractivity contribution in [2.45, 2.75) is 0 Å². The van der Waals surface area contributed by atoms with E-state index in [-0.39, 0.29) is 23.3 Å². The highest BCUT2D eigenvalue weighted by Crippen LogP contribution is 2.32. The molecule has 0 bridgehead atoms. The molecule has 0 saturated carbocycles. The second-order valence-electron chi connectivity index (χ2n) is 5.68. The van der Waals surface area contributed by atoms with Gasteiger partial charge in [-0.3, -0.25) is 9.59 Å². The number of hydrogen-bond acceptors (Lipinski definition) is 6. The number of ether oxygens (including phenoxy) is 3. The molecular formula is C19H20N2O5S. The molecule has 0 spiro atoms. The molecule has 27 heavy (non-hydrogen) atoms. The van der Waals surface area contributed by atoms with Gasteiger partial charge in [0, 0.05) is 17.4 Å². The summed E-state index contributed by atoms with van der Waals surface area (Å²) in [6, 6.07) is 12.3. The highest BCUT2D eigenvalue weighted by atomic mass is 32.2. The molecule has 0 saturated heterocycles. The van der Waals surface area contributed by atoms with E-state index in [0.717, 1.165) is 5.75 Å². The Labute approximate surface area is 161 Å². The molecule has 1 aliphatic rings. The first-order chi connectivity index (χ1) is 13.1. The first-order valence-electron chi connectivity index (χ1n) is 8.35. The minimum atomic E-state index is -0.186. The number of carbonyl (C=O) groups excluding carboxylic acids is 2. The highest BCUT2D eigenvalue weighted by Gasteiger charge is 2.13. The van der Waals surface area contributed by atoms with E-state index >= 15 is 0 Å². The van der Waals surface area contributed by atoms with E-state index in [4.69, 9.17) is 14.2 Å². The minimum Gasteiger partial charge on any atom is -0.497 e. The van der Waals surface area contributed by atoms with Crippen LogP contribution in [0, 0.1) is 0 Å². The number of benzene rings is 2. The molecule has 1 heterocycles. The number of amides is 2. The molecule has 2 amide bonds. The van der Waals surface area contributed by atoms with Crippen LogP contribution in [0.2, 0.25) is 0 Å². The number of anilines is 2. The quantitative estimate of drug-likeness (QED) is 0.759. The maximum absolute atomic E-state index is 12.0. The molecule has 0 radical (unpaired) electrons. The Bertz CT molecular complexity index is 810. The van der Waals surface area contributed by atoms with Crippen molar-refractivity contribution in [1.82, 2.24) is 0 Å². The van der Waals surface area contributed by atoms with Crippen LogP contribution in [0.25, 0.3) is 0 Å². The van der Waals surface area contributed by atoms with Gasteiger partial charge in [0.1, 0.15) is 19.0 Å². The summed E-state index contributed by atoms with van der Waals surface area (Å²) < 4.78 is 16.0. The zero-order valence-corrected chi connectivity index (χ0v) is 15.6. The van der Waals surface area contributed by atoms with Gasteiger partial charge in [-0.2, -0.15) is 0 Å². The fraction of sp³-hybridized carbons (Fsp3) is 0.263. The van der Waals surface area contributed by atoms with Crippen molar-refractivity contribution in [2.75, 3.05) is 42.5 Å². The van der Waals surface area contributed by atoms with Gasteiger partial charge in [0.2, 0.25) is 11.8 Å². The zero-order chi connectivity index (χ0) is 19.1. The summed E-state index contributed by atoms with van der Waals surface area (Å²) in [6.07, 6.45) is 0. The van der Waals surface area contributed by atoms with Crippen molar-refractivity contribution < 1.29 is 23.8 Å². The van der Waals surface area contributed by atoms with Crippen LogP contribution in [0.4, 0.5) is 11.4 Å². The first kappa shape index (κ1) is 18.9. The van der Waals surface area contributed by atoms with Crippen molar-refractivity contribution in [2.24, 2.45) is 0 Å². The fourth-order valence-electron chi connectivity index (χ4n) is 2.43. The molecule has 0 aromatic heterocycles. The Morgan fingerprint density at radius 1 is 0.926 bits per heavy atom. The molecule has 0 atom stereocenters. The molecule has 0 fully saturated rings. The fourth-order valence-corrected chi connectivity index (χ4v) is 3.04. The van der Waals surface area contributed by atoms with Crippen LogP contribution in [-0.2, 0) is 9.59 Å². The zero-order valence-electron chi connectivity index (χ0n) is 14.8. The summed E-state index contributed by atoms with van der Waals surface area (Å²) in [7, 11) is 1.58. The largest absolute Gasteiger partial charge is 0.497 e. The molecular weight excluding hydrogens is 368 g/mol. The SMILES string of the molecule is COc1ccc(NC(=O)CSCC(=O)Nc2ccc3c(c2)OCCO3)cc1. The van der Waals surface area contributed by atoms with Gasteiger partial charge in [0.25, 0.3) is 0 Å². The predicted octanol–water partition coefficient (Wildman–Crippen LogP) is 2.78. The number of fused-ring (bicyclic) bond motifs is 1. The van der Waals surface area contributed by atoms with Gasteiger partial charge < -0.3 is 24.8 Å². The summed E-state index contributed by atoms with van der Waals surface area (Å²) in [5.74, 6) is 2.00. The minimum absolute atomic E-state index is 0.169. The second kappa shape index (κ2) is 9.18. The smallest absolute Gasteiger partial charge is 0.234 e. The second-order valence-corrected chi connectivity index (χ2v) is 6.66. The maximum Gasteiger partial charge on any atom is 0.234 e. The maximum atomic E-state index is 12.0. The summed E-state index contributed by atoms with van der Waals surface area (Å²) in [5, 5.41) is 5.56. The van der Waals surface area contributed by atoms with E-state index in [0.29, 0.717) is 36.1 Å². The topological polar surface area (TPSA) is 85.9 Å². The van der Waals surface area contributed by atoms with Crippen LogP contribution in [0.3, 0.4) is 0 Å². The monoisotopic (exact) mass is 388 g/mol. The van der Waals surface area contributed by atoms with Crippen LogP contribution >= 0.6 is 11.8 Å². The van der Waals surface area contributed by atoms with Gasteiger partial charge in [-0.1, -0.05) is 0 Å². The first-order valence-corrected chi connectivity index (χ1v) is 9.50. The normalized spacial score (nSPS) is 12.2. The van der Waals surface area contributed by atoms with Gasteiger partial charge >= 0.3 is 0 Å². The van der Waals surface area contributed by atoms with Crippen molar-refractivity contribution in [3.63, 3.8) is 0 Å². The number of thioether (sulfide) groups is 1. The molecule has 2 aromatic rings. The lowest BCUT2D eigenvalue weighted by Gasteiger charge is -2.19. The van der Waals surface area contributed by atoms with Gasteiger partial charge in [-0.25, -0.2) is 0 Å². The van der Waals surface area contributed by atoms with Gasteiger partial charge in [-0.15, -0.1) is 11.8 Å². The summed E-state index contributed by atoms with van der Waals surface area (Å²) in [6.45, 7) is 1.01. The Morgan fingerprint density at radius 2 is 1.52 bits per heavy atom. The summed E-state index contributed by atoms with van der Waals surface area (Å²) >= 11 is 1.24. The molecule has 3 rings (SSSR count). The van der Waals surface area contributed by atoms with Crippen LogP contribution in [-0.4, -0.2) is 43.6 Å². The van der Waals surface area contributed by atoms with E-state index in [1.165, 1.54) is 11.8 Å². The Kier molecular flexibility index (Phi) is 6.43. The summed E-state index contributed by atoms with van der Waals surface area (Å²) in [4.78, 5) is 24.0. The third kappa shape index (κ3) is 5.55. The van der Waals surface area contributed by atoms with Crippen molar-refractivity contribution in [3.05, 3.63) is 42.5 Å². The van der Waals surface area contributed by atoms with Crippen molar-refractivity contribution in [1.29, 1.82) is 0 Å². The van der Waals surface area contributed by atoms with E-state index in [1.807, 2.05) is 0 Å². The van der Waals surface area contributed by atoms with Crippen LogP contribution < -0.4 is 24.8 Å². The Hall–Kier alpha value is -2.87. The van der Waals surface area contributed by atoms with Crippen LogP contribution in [0.1, 0.15) is 0 Å². The third-order valence-corrected chi connectivity index (χ3v) is 4.60. The van der Waals surface area contributed by atoms with Crippen molar-refractivity contribution in [3.8, 4) is 17.2 Å². The average molecular weight is 388 g/mol. The lowest BCUT2D eigenvalue weighted by atomic mass is 10.2. The summed E-state index contributed by atoms with van der Waals surface area (Å²) in [5.41, 5.74) is 1.31. The van der Waals surface area contributed by atoms with E-state index in [2.05, 4.69) is 10.6 Å². The molecule has 1 aliphatic heterocycles. The molecule has 142 valence electrons. The number of hydrogen-bond donors (Lipinski definition) is 2. The molecule has 8 heteroatoms. The number of methoxy groups -OCH3 is 1. The number of nitrogens with one attached hydrogen (secondary N) is 2.